The van der Waals surface area contributed by atoms with E-state index in [1.807, 2.05) is 24.3 Å². The SMILES string of the molecule is CC(=O)Cc1cccc(OC2CCN(C)C2)c1. The van der Waals surface area contributed by atoms with Crippen LogP contribution < -0.4 is 4.74 Å². The Hall–Kier alpha value is -1.35. The summed E-state index contributed by atoms with van der Waals surface area (Å²) < 4.78 is 5.91. The topological polar surface area (TPSA) is 29.5 Å². The molecule has 0 bridgehead atoms. The van der Waals surface area contributed by atoms with Gasteiger partial charge in [-0.25, -0.2) is 0 Å². The number of ether oxygens (including phenoxy) is 1. The molecule has 0 aliphatic carbocycles. The van der Waals surface area contributed by atoms with E-state index in [1.54, 1.807) is 6.92 Å². The lowest BCUT2D eigenvalue weighted by Gasteiger charge is -2.14. The molecule has 1 saturated heterocycles. The molecule has 1 aliphatic rings. The van der Waals surface area contributed by atoms with Crippen LogP contribution in [0.25, 0.3) is 0 Å². The summed E-state index contributed by atoms with van der Waals surface area (Å²) >= 11 is 0. The van der Waals surface area contributed by atoms with E-state index < -0.39 is 0 Å². The molecule has 1 unspecified atom stereocenters. The van der Waals surface area contributed by atoms with Crippen molar-refractivity contribution in [2.24, 2.45) is 0 Å². The summed E-state index contributed by atoms with van der Waals surface area (Å²) in [7, 11) is 2.11. The van der Waals surface area contributed by atoms with Crippen LogP contribution in [-0.2, 0) is 11.2 Å². The van der Waals surface area contributed by atoms with Crippen molar-refractivity contribution in [1.82, 2.24) is 4.90 Å². The second-order valence-corrected chi connectivity index (χ2v) is 4.82. The van der Waals surface area contributed by atoms with Gasteiger partial charge in [-0.1, -0.05) is 12.1 Å². The molecular weight excluding hydrogens is 214 g/mol. The van der Waals surface area contributed by atoms with Gasteiger partial charge >= 0.3 is 0 Å². The number of hydrogen-bond donors (Lipinski definition) is 0. The molecular formula is C14H19NO2. The first-order valence-corrected chi connectivity index (χ1v) is 6.07. The number of ketones is 1. The highest BCUT2D eigenvalue weighted by molar-refractivity contribution is 5.78. The molecule has 0 saturated carbocycles. The zero-order valence-electron chi connectivity index (χ0n) is 10.5. The zero-order valence-corrected chi connectivity index (χ0v) is 10.5. The summed E-state index contributed by atoms with van der Waals surface area (Å²) in [5.41, 5.74) is 1.03. The maximum atomic E-state index is 11.1. The lowest BCUT2D eigenvalue weighted by molar-refractivity contribution is -0.116. The maximum Gasteiger partial charge on any atom is 0.134 e. The van der Waals surface area contributed by atoms with Crippen molar-refractivity contribution in [3.63, 3.8) is 0 Å². The number of rotatable bonds is 4. The van der Waals surface area contributed by atoms with Gasteiger partial charge in [-0.15, -0.1) is 0 Å². The molecule has 0 spiro atoms. The molecule has 17 heavy (non-hydrogen) atoms. The number of carbonyl (C=O) groups excluding carboxylic acids is 1. The van der Waals surface area contributed by atoms with Crippen molar-refractivity contribution >= 4 is 5.78 Å². The summed E-state index contributed by atoms with van der Waals surface area (Å²) in [5.74, 6) is 1.06. The normalized spacial score (nSPS) is 20.5. The Labute approximate surface area is 102 Å². The van der Waals surface area contributed by atoms with E-state index in [1.165, 1.54) is 0 Å². The van der Waals surface area contributed by atoms with Crippen molar-refractivity contribution < 1.29 is 9.53 Å². The Balaban J connectivity index is 1.98. The molecule has 0 radical (unpaired) electrons. The number of carbonyl (C=O) groups is 1. The third-order valence-corrected chi connectivity index (χ3v) is 3.00. The van der Waals surface area contributed by atoms with Gasteiger partial charge in [0.2, 0.25) is 0 Å². The van der Waals surface area contributed by atoms with Crippen molar-refractivity contribution in [3.05, 3.63) is 29.8 Å². The molecule has 1 atom stereocenters. The fraction of sp³-hybridized carbons (Fsp3) is 0.500. The Kier molecular flexibility index (Phi) is 3.79. The monoisotopic (exact) mass is 233 g/mol. The molecule has 1 aromatic rings. The highest BCUT2D eigenvalue weighted by Crippen LogP contribution is 2.19. The highest BCUT2D eigenvalue weighted by Gasteiger charge is 2.20. The van der Waals surface area contributed by atoms with Crippen LogP contribution in [0.1, 0.15) is 18.9 Å². The van der Waals surface area contributed by atoms with Crippen molar-refractivity contribution in [2.75, 3.05) is 20.1 Å². The van der Waals surface area contributed by atoms with Crippen LogP contribution in [0.5, 0.6) is 5.75 Å². The van der Waals surface area contributed by atoms with Gasteiger partial charge in [-0.2, -0.15) is 0 Å². The van der Waals surface area contributed by atoms with E-state index in [2.05, 4.69) is 11.9 Å². The van der Waals surface area contributed by atoms with E-state index in [0.29, 0.717) is 6.42 Å². The van der Waals surface area contributed by atoms with Crippen LogP contribution in [-0.4, -0.2) is 36.9 Å². The van der Waals surface area contributed by atoms with Gasteiger partial charge in [0.25, 0.3) is 0 Å². The summed E-state index contributed by atoms with van der Waals surface area (Å²) in [5, 5.41) is 0. The van der Waals surface area contributed by atoms with E-state index in [-0.39, 0.29) is 11.9 Å². The first-order chi connectivity index (χ1) is 8.13. The van der Waals surface area contributed by atoms with Crippen LogP contribution in [0, 0.1) is 0 Å². The molecule has 1 heterocycles. The largest absolute Gasteiger partial charge is 0.489 e. The third kappa shape index (κ3) is 3.56. The molecule has 3 heteroatoms. The standard InChI is InChI=1S/C14H19NO2/c1-11(16)8-12-4-3-5-13(9-12)17-14-6-7-15(2)10-14/h3-5,9,14H,6-8,10H2,1-2H3. The number of likely N-dealkylation sites (tertiary alicyclic amines) is 1. The average Bonchev–Trinajstić information content (AvgIpc) is 2.63. The van der Waals surface area contributed by atoms with Crippen LogP contribution in [0.15, 0.2) is 24.3 Å². The number of Topliss-reactive ketones (excluding diaryl/α,β-unsaturated/α-hetero) is 1. The highest BCUT2D eigenvalue weighted by atomic mass is 16.5. The van der Waals surface area contributed by atoms with Gasteiger partial charge in [0, 0.05) is 19.5 Å². The van der Waals surface area contributed by atoms with E-state index in [4.69, 9.17) is 4.74 Å². The Bertz CT molecular complexity index is 403. The molecule has 1 fully saturated rings. The molecule has 0 amide bonds. The molecule has 92 valence electrons. The number of nitrogens with zero attached hydrogens (tertiary/aromatic N) is 1. The third-order valence-electron chi connectivity index (χ3n) is 3.00. The van der Waals surface area contributed by atoms with Crippen LogP contribution in [0.2, 0.25) is 0 Å². The first kappa shape index (κ1) is 12.1. The van der Waals surface area contributed by atoms with Gasteiger partial charge in [-0.05, 0) is 38.1 Å². The van der Waals surface area contributed by atoms with Crippen molar-refractivity contribution in [2.45, 2.75) is 25.9 Å². The minimum absolute atomic E-state index is 0.183. The van der Waals surface area contributed by atoms with Crippen LogP contribution >= 0.6 is 0 Å². The average molecular weight is 233 g/mol. The molecule has 0 N–H and O–H groups in total. The van der Waals surface area contributed by atoms with Gasteiger partial charge < -0.3 is 9.64 Å². The molecule has 3 nitrogen and oxygen atoms in total. The van der Waals surface area contributed by atoms with E-state index in [0.717, 1.165) is 30.8 Å². The van der Waals surface area contributed by atoms with E-state index >= 15 is 0 Å². The summed E-state index contributed by atoms with van der Waals surface area (Å²) in [4.78, 5) is 13.3. The number of benzene rings is 1. The molecule has 1 aliphatic heterocycles. The Morgan fingerprint density at radius 3 is 3.00 bits per heavy atom. The van der Waals surface area contributed by atoms with Gasteiger partial charge in [0.15, 0.2) is 0 Å². The lowest BCUT2D eigenvalue weighted by Crippen LogP contribution is -2.21. The quantitative estimate of drug-likeness (QED) is 0.795. The lowest BCUT2D eigenvalue weighted by atomic mass is 10.1. The summed E-state index contributed by atoms with van der Waals surface area (Å²) in [6, 6.07) is 7.85. The minimum Gasteiger partial charge on any atom is -0.489 e. The van der Waals surface area contributed by atoms with Crippen molar-refractivity contribution in [3.8, 4) is 5.75 Å². The van der Waals surface area contributed by atoms with E-state index in [9.17, 15) is 4.79 Å². The molecule has 2 rings (SSSR count). The predicted molar refractivity (Wildman–Crippen MR) is 67.4 cm³/mol. The smallest absolute Gasteiger partial charge is 0.134 e. The van der Waals surface area contributed by atoms with Crippen LogP contribution in [0.3, 0.4) is 0 Å². The molecule has 0 aromatic heterocycles. The van der Waals surface area contributed by atoms with Gasteiger partial charge in [-0.3, -0.25) is 4.79 Å². The fourth-order valence-electron chi connectivity index (χ4n) is 2.20. The minimum atomic E-state index is 0.183. The number of hydrogen-bond acceptors (Lipinski definition) is 3. The van der Waals surface area contributed by atoms with Crippen LogP contribution in [0.4, 0.5) is 0 Å². The Morgan fingerprint density at radius 2 is 2.35 bits per heavy atom. The second-order valence-electron chi connectivity index (χ2n) is 4.82. The second kappa shape index (κ2) is 5.32. The Morgan fingerprint density at radius 1 is 1.53 bits per heavy atom. The zero-order chi connectivity index (χ0) is 12.3. The summed E-state index contributed by atoms with van der Waals surface area (Å²) in [6.07, 6.45) is 1.85. The van der Waals surface area contributed by atoms with Gasteiger partial charge in [0.05, 0.1) is 0 Å². The number of likely N-dealkylation sites (N-methyl/N-ethyl adjacent to an activating group) is 1. The summed E-state index contributed by atoms with van der Waals surface area (Å²) in [6.45, 7) is 3.69. The maximum absolute atomic E-state index is 11.1. The fourth-order valence-corrected chi connectivity index (χ4v) is 2.20. The first-order valence-electron chi connectivity index (χ1n) is 6.07. The van der Waals surface area contributed by atoms with Crippen molar-refractivity contribution in [1.29, 1.82) is 0 Å². The predicted octanol–water partition coefficient (Wildman–Crippen LogP) is 1.90. The van der Waals surface area contributed by atoms with Gasteiger partial charge in [0.1, 0.15) is 17.6 Å². The molecule has 1 aromatic carbocycles.